The molecule has 2 rings (SSSR count). The number of aliphatic carboxylic acids is 2. The molecule has 1 aliphatic heterocycles. The first kappa shape index (κ1) is 12.9. The average molecular weight is 255 g/mol. The topological polar surface area (TPSA) is 94.9 Å². The van der Waals surface area contributed by atoms with Crippen molar-refractivity contribution >= 4 is 17.8 Å². The van der Waals surface area contributed by atoms with Crippen LogP contribution in [-0.4, -0.2) is 46.0 Å². The van der Waals surface area contributed by atoms with Crippen LogP contribution in [0.25, 0.3) is 0 Å². The van der Waals surface area contributed by atoms with Crippen LogP contribution >= 0.6 is 0 Å². The lowest BCUT2D eigenvalue weighted by Crippen LogP contribution is -2.37. The first-order valence-electron chi connectivity index (χ1n) is 6.16. The summed E-state index contributed by atoms with van der Waals surface area (Å²) in [6.07, 6.45) is 2.04. The van der Waals surface area contributed by atoms with Gasteiger partial charge in [0.2, 0.25) is 5.91 Å². The minimum absolute atomic E-state index is 0.00700. The molecule has 100 valence electrons. The van der Waals surface area contributed by atoms with Crippen molar-refractivity contribution in [3.8, 4) is 0 Å². The number of rotatable bonds is 4. The van der Waals surface area contributed by atoms with E-state index < -0.39 is 29.7 Å². The molecule has 0 aromatic carbocycles. The summed E-state index contributed by atoms with van der Waals surface area (Å²) >= 11 is 0. The highest BCUT2D eigenvalue weighted by Gasteiger charge is 2.47. The fraction of sp³-hybridized carbons (Fsp3) is 0.750. The van der Waals surface area contributed by atoms with E-state index in [0.717, 1.165) is 12.8 Å². The summed E-state index contributed by atoms with van der Waals surface area (Å²) in [6, 6.07) is 0. The molecule has 1 saturated heterocycles. The number of hydrogen-bond acceptors (Lipinski definition) is 3. The Hall–Kier alpha value is -1.59. The van der Waals surface area contributed by atoms with Gasteiger partial charge in [-0.15, -0.1) is 0 Å². The summed E-state index contributed by atoms with van der Waals surface area (Å²) in [6.45, 7) is 1.87. The molecule has 0 aromatic rings. The summed E-state index contributed by atoms with van der Waals surface area (Å²) in [4.78, 5) is 35.2. The maximum atomic E-state index is 11.9. The van der Waals surface area contributed by atoms with Crippen LogP contribution in [0.4, 0.5) is 0 Å². The molecule has 3 atom stereocenters. The number of likely N-dealkylation sites (tertiary alicyclic amines) is 1. The molecule has 1 amide bonds. The molecule has 0 aromatic heterocycles. The van der Waals surface area contributed by atoms with E-state index in [9.17, 15) is 14.4 Å². The normalized spacial score (nSPS) is 29.1. The molecule has 2 N–H and O–H groups in total. The van der Waals surface area contributed by atoms with E-state index in [1.165, 1.54) is 11.8 Å². The largest absolute Gasteiger partial charge is 0.481 e. The van der Waals surface area contributed by atoms with E-state index in [2.05, 4.69) is 0 Å². The monoisotopic (exact) mass is 255 g/mol. The molecule has 2 aliphatic rings. The SMILES string of the molecule is CC(C(=O)O)C(=O)N1C[C@@H](C(=O)O)[C@H](C2CC2)C1. The first-order valence-corrected chi connectivity index (χ1v) is 6.16. The Morgan fingerprint density at radius 1 is 1.17 bits per heavy atom. The number of hydrogen-bond donors (Lipinski definition) is 2. The molecule has 1 aliphatic carbocycles. The summed E-state index contributed by atoms with van der Waals surface area (Å²) in [5.41, 5.74) is 0. The van der Waals surface area contributed by atoms with Crippen LogP contribution in [0, 0.1) is 23.7 Å². The van der Waals surface area contributed by atoms with Gasteiger partial charge in [-0.05, 0) is 31.6 Å². The second-order valence-corrected chi connectivity index (χ2v) is 5.25. The third-order valence-electron chi connectivity index (χ3n) is 3.96. The number of carboxylic acids is 2. The minimum atomic E-state index is -1.17. The highest BCUT2D eigenvalue weighted by atomic mass is 16.4. The molecule has 2 fully saturated rings. The molecular weight excluding hydrogens is 238 g/mol. The van der Waals surface area contributed by atoms with Gasteiger partial charge >= 0.3 is 11.9 Å². The van der Waals surface area contributed by atoms with Crippen LogP contribution < -0.4 is 0 Å². The number of carboxylic acid groups (broad SMARTS) is 2. The van der Waals surface area contributed by atoms with Gasteiger partial charge in [-0.1, -0.05) is 0 Å². The highest BCUT2D eigenvalue weighted by molar-refractivity contribution is 5.96. The van der Waals surface area contributed by atoms with Crippen molar-refractivity contribution in [3.63, 3.8) is 0 Å². The van der Waals surface area contributed by atoms with Crippen LogP contribution in [0.1, 0.15) is 19.8 Å². The summed E-state index contributed by atoms with van der Waals surface area (Å²) in [5.74, 6) is -3.78. The number of amides is 1. The third-order valence-corrected chi connectivity index (χ3v) is 3.96. The lowest BCUT2D eigenvalue weighted by molar-refractivity contribution is -0.149. The van der Waals surface area contributed by atoms with Gasteiger partial charge in [-0.2, -0.15) is 0 Å². The fourth-order valence-electron chi connectivity index (χ4n) is 2.65. The van der Waals surface area contributed by atoms with Crippen molar-refractivity contribution in [2.24, 2.45) is 23.7 Å². The van der Waals surface area contributed by atoms with Crippen molar-refractivity contribution < 1.29 is 24.6 Å². The Bertz CT molecular complexity index is 390. The number of carbonyl (C=O) groups is 3. The minimum Gasteiger partial charge on any atom is -0.481 e. The zero-order chi connectivity index (χ0) is 13.4. The van der Waals surface area contributed by atoms with E-state index >= 15 is 0 Å². The lowest BCUT2D eigenvalue weighted by atomic mass is 9.92. The predicted molar refractivity (Wildman–Crippen MR) is 60.7 cm³/mol. The standard InChI is InChI=1S/C12H17NO5/c1-6(11(15)16)10(14)13-4-8(7-2-3-7)9(5-13)12(17)18/h6-9H,2-5H2,1H3,(H,15,16)(H,17,18)/t6?,8-,9+/m0/s1. The Labute approximate surface area is 105 Å². The molecule has 18 heavy (non-hydrogen) atoms. The number of nitrogens with zero attached hydrogens (tertiary/aromatic N) is 1. The van der Waals surface area contributed by atoms with Gasteiger partial charge < -0.3 is 15.1 Å². The molecular formula is C12H17NO5. The third kappa shape index (κ3) is 2.32. The van der Waals surface area contributed by atoms with Gasteiger partial charge in [0.05, 0.1) is 5.92 Å². The van der Waals surface area contributed by atoms with Gasteiger partial charge in [0.25, 0.3) is 0 Å². The summed E-state index contributed by atoms with van der Waals surface area (Å²) in [7, 11) is 0. The van der Waals surface area contributed by atoms with E-state index in [4.69, 9.17) is 10.2 Å². The Morgan fingerprint density at radius 3 is 2.22 bits per heavy atom. The zero-order valence-corrected chi connectivity index (χ0v) is 10.2. The van der Waals surface area contributed by atoms with Crippen molar-refractivity contribution in [2.75, 3.05) is 13.1 Å². The summed E-state index contributed by atoms with van der Waals surface area (Å²) < 4.78 is 0. The smallest absolute Gasteiger partial charge is 0.315 e. The second kappa shape index (κ2) is 4.59. The first-order chi connectivity index (χ1) is 8.41. The van der Waals surface area contributed by atoms with E-state index in [-0.39, 0.29) is 12.5 Å². The zero-order valence-electron chi connectivity index (χ0n) is 10.2. The van der Waals surface area contributed by atoms with Crippen LogP contribution in [-0.2, 0) is 14.4 Å². The van der Waals surface area contributed by atoms with Crippen molar-refractivity contribution in [2.45, 2.75) is 19.8 Å². The van der Waals surface area contributed by atoms with Crippen molar-refractivity contribution in [3.05, 3.63) is 0 Å². The van der Waals surface area contributed by atoms with Gasteiger partial charge in [-0.3, -0.25) is 14.4 Å². The molecule has 0 bridgehead atoms. The summed E-state index contributed by atoms with van der Waals surface area (Å²) in [5, 5.41) is 18.0. The highest BCUT2D eigenvalue weighted by Crippen LogP contribution is 2.44. The Kier molecular flexibility index (Phi) is 3.28. The van der Waals surface area contributed by atoms with Gasteiger partial charge in [0.15, 0.2) is 0 Å². The molecule has 1 saturated carbocycles. The maximum Gasteiger partial charge on any atom is 0.315 e. The van der Waals surface area contributed by atoms with Crippen LogP contribution in [0.5, 0.6) is 0 Å². The maximum absolute atomic E-state index is 11.9. The molecule has 6 heteroatoms. The van der Waals surface area contributed by atoms with Gasteiger partial charge in [0.1, 0.15) is 5.92 Å². The quantitative estimate of drug-likeness (QED) is 0.703. The number of carbonyl (C=O) groups excluding carboxylic acids is 1. The van der Waals surface area contributed by atoms with Crippen molar-refractivity contribution in [1.82, 2.24) is 4.90 Å². The van der Waals surface area contributed by atoms with Crippen molar-refractivity contribution in [1.29, 1.82) is 0 Å². The van der Waals surface area contributed by atoms with Crippen LogP contribution in [0.15, 0.2) is 0 Å². The molecule has 1 heterocycles. The average Bonchev–Trinajstić information content (AvgIpc) is 3.05. The van der Waals surface area contributed by atoms with E-state index in [1.807, 2.05) is 0 Å². The predicted octanol–water partition coefficient (Wildman–Crippen LogP) is 0.276. The second-order valence-electron chi connectivity index (χ2n) is 5.25. The Morgan fingerprint density at radius 2 is 1.78 bits per heavy atom. The van der Waals surface area contributed by atoms with Crippen LogP contribution in [0.2, 0.25) is 0 Å². The van der Waals surface area contributed by atoms with Crippen LogP contribution in [0.3, 0.4) is 0 Å². The van der Waals surface area contributed by atoms with Gasteiger partial charge in [-0.25, -0.2) is 0 Å². The molecule has 0 spiro atoms. The Balaban J connectivity index is 2.06. The molecule has 0 radical (unpaired) electrons. The fourth-order valence-corrected chi connectivity index (χ4v) is 2.65. The van der Waals surface area contributed by atoms with Gasteiger partial charge in [0, 0.05) is 13.1 Å². The molecule has 1 unspecified atom stereocenters. The van der Waals surface area contributed by atoms with E-state index in [1.54, 1.807) is 0 Å². The molecule has 6 nitrogen and oxygen atoms in total. The lowest BCUT2D eigenvalue weighted by Gasteiger charge is -2.18. The van der Waals surface area contributed by atoms with E-state index in [0.29, 0.717) is 12.5 Å².